The van der Waals surface area contributed by atoms with Gasteiger partial charge in [-0.2, -0.15) is 0 Å². The third kappa shape index (κ3) is 4.97. The summed E-state index contributed by atoms with van der Waals surface area (Å²) < 4.78 is 12.3. The maximum absolute atomic E-state index is 10.8. The van der Waals surface area contributed by atoms with Crippen molar-refractivity contribution in [1.29, 1.82) is 0 Å². The Morgan fingerprint density at radius 1 is 1.30 bits per heavy atom. The lowest BCUT2D eigenvalue weighted by Crippen LogP contribution is -2.01. The fraction of sp³-hybridized carbons (Fsp3) is 0.167. The molecule has 0 aliphatic carbocycles. The number of aryl methyl sites for hydroxylation is 1. The monoisotopic (exact) mass is 442 g/mol. The second-order valence-electron chi connectivity index (χ2n) is 4.89. The zero-order valence-electron chi connectivity index (χ0n) is 12.8. The van der Waals surface area contributed by atoms with Crippen LogP contribution in [0.2, 0.25) is 0 Å². The Bertz CT molecular complexity index is 741. The van der Waals surface area contributed by atoms with Crippen LogP contribution in [-0.4, -0.2) is 12.4 Å². The molecule has 0 atom stereocenters. The molecule has 0 aliphatic rings. The van der Waals surface area contributed by atoms with E-state index in [2.05, 4.69) is 35.6 Å². The lowest BCUT2D eigenvalue weighted by Gasteiger charge is -2.14. The van der Waals surface area contributed by atoms with Crippen LogP contribution < -0.4 is 9.47 Å². The molecule has 0 saturated heterocycles. The van der Waals surface area contributed by atoms with Gasteiger partial charge in [0.15, 0.2) is 11.5 Å². The van der Waals surface area contributed by atoms with Crippen LogP contribution in [0, 0.1) is 10.5 Å². The molecule has 0 aliphatic heterocycles. The Labute approximate surface area is 154 Å². The maximum atomic E-state index is 10.8. The molecule has 0 fully saturated rings. The highest BCUT2D eigenvalue weighted by Gasteiger charge is 2.11. The highest BCUT2D eigenvalue weighted by atomic mass is 127. The van der Waals surface area contributed by atoms with Gasteiger partial charge in [0.25, 0.3) is 0 Å². The van der Waals surface area contributed by atoms with Crippen LogP contribution in [0.1, 0.15) is 16.7 Å². The van der Waals surface area contributed by atoms with Crippen molar-refractivity contribution in [3.8, 4) is 11.5 Å². The predicted octanol–water partition coefficient (Wildman–Crippen LogP) is 4.97. The van der Waals surface area contributed by atoms with Gasteiger partial charge < -0.3 is 9.47 Å². The summed E-state index contributed by atoms with van der Waals surface area (Å²) in [6.07, 6.45) is 2.95. The molecule has 2 rings (SSSR count). The average molecular weight is 443 g/mol. The number of rotatable bonds is 6. The van der Waals surface area contributed by atoms with Crippen molar-refractivity contribution in [3.63, 3.8) is 0 Å². The average Bonchev–Trinajstić information content (AvgIpc) is 2.52. The van der Waals surface area contributed by atoms with Crippen LogP contribution in [0.4, 0.5) is 0 Å². The van der Waals surface area contributed by atoms with Crippen molar-refractivity contribution < 1.29 is 14.3 Å². The summed E-state index contributed by atoms with van der Waals surface area (Å²) in [7, 11) is 1.59. The zero-order valence-corrected chi connectivity index (χ0v) is 15.7. The van der Waals surface area contributed by atoms with Crippen molar-refractivity contribution in [1.82, 2.24) is 0 Å². The number of hydrogen-bond acceptors (Lipinski definition) is 3. The third-order valence-electron chi connectivity index (χ3n) is 3.29. The molecule has 0 heterocycles. The van der Waals surface area contributed by atoms with Gasteiger partial charge in [0.1, 0.15) is 6.61 Å². The lowest BCUT2D eigenvalue weighted by molar-refractivity contribution is -0.107. The van der Waals surface area contributed by atoms with Crippen molar-refractivity contribution in [2.75, 3.05) is 7.11 Å². The normalized spacial score (nSPS) is 10.8. The van der Waals surface area contributed by atoms with Gasteiger partial charge in [-0.05, 0) is 82.1 Å². The first kappa shape index (κ1) is 17.8. The Kier molecular flexibility index (Phi) is 6.47. The molecular weight excluding hydrogens is 427 g/mol. The molecule has 3 nitrogen and oxygen atoms in total. The van der Waals surface area contributed by atoms with Gasteiger partial charge in [0.05, 0.1) is 10.7 Å². The molecule has 2 aromatic carbocycles. The molecule has 2 aromatic rings. The number of carbonyl (C=O) groups is 1. The molecule has 5 heteroatoms. The Morgan fingerprint density at radius 2 is 2.04 bits per heavy atom. The summed E-state index contributed by atoms with van der Waals surface area (Å²) in [6.45, 7) is 2.52. The minimum Gasteiger partial charge on any atom is -0.493 e. The molecular formula is C18H16ClIO3. The van der Waals surface area contributed by atoms with E-state index in [0.29, 0.717) is 18.1 Å². The first-order chi connectivity index (χ1) is 11.0. The predicted molar refractivity (Wildman–Crippen MR) is 101 cm³/mol. The van der Waals surface area contributed by atoms with Gasteiger partial charge in [-0.3, -0.25) is 4.79 Å². The Hall–Kier alpha value is -1.53. The van der Waals surface area contributed by atoms with E-state index in [9.17, 15) is 4.79 Å². The van der Waals surface area contributed by atoms with Crippen molar-refractivity contribution in [2.45, 2.75) is 13.5 Å². The van der Waals surface area contributed by atoms with Crippen LogP contribution >= 0.6 is 34.2 Å². The molecule has 120 valence electrons. The number of allylic oxidation sites excluding steroid dienone is 1. The molecule has 0 N–H and O–H groups in total. The summed E-state index contributed by atoms with van der Waals surface area (Å²) in [4.78, 5) is 10.8. The van der Waals surface area contributed by atoms with E-state index in [1.165, 1.54) is 11.6 Å². The van der Waals surface area contributed by atoms with Crippen molar-refractivity contribution >= 4 is 45.5 Å². The molecule has 0 unspecified atom stereocenters. The van der Waals surface area contributed by atoms with E-state index < -0.39 is 5.24 Å². The Balaban J connectivity index is 2.24. The number of hydrogen-bond donors (Lipinski definition) is 0. The van der Waals surface area contributed by atoms with E-state index in [4.69, 9.17) is 21.1 Å². The fourth-order valence-corrected chi connectivity index (χ4v) is 2.90. The highest BCUT2D eigenvalue weighted by Crippen LogP contribution is 2.35. The molecule has 0 bridgehead atoms. The first-order valence-corrected chi connectivity index (χ1v) is 8.39. The summed E-state index contributed by atoms with van der Waals surface area (Å²) in [5.41, 5.74) is 3.13. The second kappa shape index (κ2) is 8.36. The van der Waals surface area contributed by atoms with E-state index >= 15 is 0 Å². The topological polar surface area (TPSA) is 35.5 Å². The van der Waals surface area contributed by atoms with Gasteiger partial charge in [-0.1, -0.05) is 24.3 Å². The van der Waals surface area contributed by atoms with E-state index in [1.807, 2.05) is 30.3 Å². The second-order valence-corrected chi connectivity index (χ2v) is 6.42. The number of methoxy groups -OCH3 is 1. The maximum Gasteiger partial charge on any atom is 0.245 e. The van der Waals surface area contributed by atoms with Gasteiger partial charge in [0, 0.05) is 0 Å². The van der Waals surface area contributed by atoms with Crippen LogP contribution in [-0.2, 0) is 11.4 Å². The number of ether oxygens (including phenoxy) is 2. The largest absolute Gasteiger partial charge is 0.493 e. The molecule has 0 saturated carbocycles. The quantitative estimate of drug-likeness (QED) is 0.360. The standard InChI is InChI=1S/C18H16ClIO3/c1-12-5-3-4-6-14(12)11-23-18-15(20)9-13(7-8-17(19)21)10-16(18)22-2/h3-10H,11H2,1-2H3/b8-7+. The summed E-state index contributed by atoms with van der Waals surface area (Å²) in [6, 6.07) is 11.8. The lowest BCUT2D eigenvalue weighted by atomic mass is 10.1. The Morgan fingerprint density at radius 3 is 2.70 bits per heavy atom. The van der Waals surface area contributed by atoms with Gasteiger partial charge in [0.2, 0.25) is 5.24 Å². The summed E-state index contributed by atoms with van der Waals surface area (Å²) in [5, 5.41) is -0.515. The molecule has 0 radical (unpaired) electrons. The molecule has 0 spiro atoms. The van der Waals surface area contributed by atoms with Gasteiger partial charge in [-0.15, -0.1) is 0 Å². The van der Waals surface area contributed by atoms with E-state index in [1.54, 1.807) is 13.2 Å². The first-order valence-electron chi connectivity index (χ1n) is 6.93. The molecule has 23 heavy (non-hydrogen) atoms. The van der Waals surface area contributed by atoms with Gasteiger partial charge >= 0.3 is 0 Å². The van der Waals surface area contributed by atoms with Crippen molar-refractivity contribution in [2.24, 2.45) is 0 Å². The highest BCUT2D eigenvalue weighted by molar-refractivity contribution is 14.1. The third-order valence-corrected chi connectivity index (χ3v) is 4.22. The van der Waals surface area contributed by atoms with Crippen LogP contribution in [0.25, 0.3) is 6.08 Å². The zero-order chi connectivity index (χ0) is 16.8. The minimum atomic E-state index is -0.515. The smallest absolute Gasteiger partial charge is 0.245 e. The number of halogens is 2. The van der Waals surface area contributed by atoms with E-state index in [-0.39, 0.29) is 0 Å². The van der Waals surface area contributed by atoms with Gasteiger partial charge in [-0.25, -0.2) is 0 Å². The van der Waals surface area contributed by atoms with Crippen molar-refractivity contribution in [3.05, 3.63) is 62.7 Å². The van der Waals surface area contributed by atoms with Crippen LogP contribution in [0.3, 0.4) is 0 Å². The summed E-state index contributed by atoms with van der Waals surface area (Å²) >= 11 is 7.51. The SMILES string of the molecule is COc1cc(/C=C/C(=O)Cl)cc(I)c1OCc1ccccc1C. The number of benzene rings is 2. The van der Waals surface area contributed by atoms with E-state index in [0.717, 1.165) is 14.7 Å². The fourth-order valence-electron chi connectivity index (χ4n) is 2.06. The molecule has 0 aromatic heterocycles. The number of carbonyl (C=O) groups excluding carboxylic acids is 1. The summed E-state index contributed by atoms with van der Waals surface area (Å²) in [5.74, 6) is 1.30. The minimum absolute atomic E-state index is 0.467. The van der Waals surface area contributed by atoms with Crippen LogP contribution in [0.5, 0.6) is 11.5 Å². The van der Waals surface area contributed by atoms with Crippen LogP contribution in [0.15, 0.2) is 42.5 Å². The molecule has 0 amide bonds.